The number of hydrogen-bond donors (Lipinski definition) is 0. The third-order valence-corrected chi connectivity index (χ3v) is 9.15. The van der Waals surface area contributed by atoms with Crippen LogP contribution in [0.4, 0.5) is 0 Å². The topological polar surface area (TPSA) is 9.23 Å². The van der Waals surface area contributed by atoms with Crippen molar-refractivity contribution in [3.8, 4) is 0 Å². The van der Waals surface area contributed by atoms with Gasteiger partial charge in [0.2, 0.25) is 0 Å². The third kappa shape index (κ3) is 3.28. The van der Waals surface area contributed by atoms with Gasteiger partial charge in [-0.25, -0.2) is 0 Å². The van der Waals surface area contributed by atoms with Gasteiger partial charge in [0.1, 0.15) is 0 Å². The van der Waals surface area contributed by atoms with E-state index in [0.29, 0.717) is 5.54 Å². The molecule has 0 fully saturated rings. The van der Waals surface area contributed by atoms with Gasteiger partial charge >= 0.3 is 0 Å². The van der Waals surface area contributed by atoms with Crippen molar-refractivity contribution in [3.05, 3.63) is 60.7 Å². The first kappa shape index (κ1) is 16.0. The first-order chi connectivity index (χ1) is 10.1. The molecule has 1 unspecified atom stereocenters. The largest absolute Gasteiger partial charge is 0.405 e. The molecule has 0 heterocycles. The van der Waals surface area contributed by atoms with E-state index in [1.165, 1.54) is 10.4 Å². The van der Waals surface area contributed by atoms with Gasteiger partial charge in [-0.15, -0.1) is 0 Å². The Hall–Kier alpha value is -1.38. The van der Waals surface area contributed by atoms with Crippen LogP contribution >= 0.6 is 0 Å². The van der Waals surface area contributed by atoms with Crippen molar-refractivity contribution in [2.45, 2.75) is 45.8 Å². The van der Waals surface area contributed by atoms with Crippen LogP contribution in [0.1, 0.15) is 34.1 Å². The van der Waals surface area contributed by atoms with Crippen molar-refractivity contribution in [2.24, 2.45) is 0 Å². The molecule has 0 amide bonds. The highest BCUT2D eigenvalue weighted by Crippen LogP contribution is 2.27. The standard InChI is InChI=1S/C19H26OSi/c1-5-17(4)21(20-16(2)3,18-12-8-6-9-13-18)19-14-10-7-11-15-19/h6-17H,5H2,1-4H3. The summed E-state index contributed by atoms with van der Waals surface area (Å²) >= 11 is 0. The van der Waals surface area contributed by atoms with E-state index in [2.05, 4.69) is 88.4 Å². The fraction of sp³-hybridized carbons (Fsp3) is 0.368. The van der Waals surface area contributed by atoms with E-state index in [9.17, 15) is 0 Å². The van der Waals surface area contributed by atoms with E-state index < -0.39 is 8.32 Å². The first-order valence-electron chi connectivity index (χ1n) is 7.90. The Morgan fingerprint density at radius 2 is 1.24 bits per heavy atom. The summed E-state index contributed by atoms with van der Waals surface area (Å²) in [7, 11) is -2.21. The Bertz CT molecular complexity index is 497. The molecule has 0 N–H and O–H groups in total. The monoisotopic (exact) mass is 298 g/mol. The molecule has 0 saturated heterocycles. The minimum Gasteiger partial charge on any atom is -0.405 e. The summed E-state index contributed by atoms with van der Waals surface area (Å²) in [6.07, 6.45) is 1.36. The van der Waals surface area contributed by atoms with Crippen LogP contribution in [0.5, 0.6) is 0 Å². The van der Waals surface area contributed by atoms with E-state index >= 15 is 0 Å². The summed E-state index contributed by atoms with van der Waals surface area (Å²) in [5, 5.41) is 2.75. The lowest BCUT2D eigenvalue weighted by atomic mass is 10.3. The summed E-state index contributed by atoms with van der Waals surface area (Å²) in [6, 6.07) is 21.7. The molecule has 2 rings (SSSR count). The molecule has 0 saturated carbocycles. The second-order valence-electron chi connectivity index (χ2n) is 5.94. The van der Waals surface area contributed by atoms with Crippen LogP contribution in [0, 0.1) is 0 Å². The molecule has 2 heteroatoms. The fourth-order valence-electron chi connectivity index (χ4n) is 3.02. The van der Waals surface area contributed by atoms with Gasteiger partial charge in [-0.3, -0.25) is 0 Å². The predicted octanol–water partition coefficient (Wildman–Crippen LogP) is 3.97. The SMILES string of the molecule is CCC(C)[Si](OC(C)C)(c1ccccc1)c1ccccc1. The van der Waals surface area contributed by atoms with E-state index in [-0.39, 0.29) is 6.10 Å². The molecule has 0 spiro atoms. The zero-order chi connectivity index (χ0) is 15.3. The van der Waals surface area contributed by atoms with Crippen LogP contribution in [0.15, 0.2) is 60.7 Å². The normalized spacial score (nSPS) is 13.4. The molecule has 1 nitrogen and oxygen atoms in total. The van der Waals surface area contributed by atoms with Gasteiger partial charge in [-0.1, -0.05) is 80.9 Å². The van der Waals surface area contributed by atoms with Crippen LogP contribution in [0.25, 0.3) is 0 Å². The molecular weight excluding hydrogens is 272 g/mol. The van der Waals surface area contributed by atoms with E-state index in [0.717, 1.165) is 6.42 Å². The Balaban J connectivity index is 2.65. The number of hydrogen-bond acceptors (Lipinski definition) is 1. The summed E-state index contributed by atoms with van der Waals surface area (Å²) in [4.78, 5) is 0. The lowest BCUT2D eigenvalue weighted by Crippen LogP contribution is -2.64. The van der Waals surface area contributed by atoms with Crippen molar-refractivity contribution >= 4 is 18.7 Å². The molecule has 2 aromatic rings. The van der Waals surface area contributed by atoms with Crippen molar-refractivity contribution in [2.75, 3.05) is 0 Å². The van der Waals surface area contributed by atoms with Gasteiger partial charge in [-0.05, 0) is 29.8 Å². The molecule has 21 heavy (non-hydrogen) atoms. The third-order valence-electron chi connectivity index (χ3n) is 4.13. The van der Waals surface area contributed by atoms with Crippen molar-refractivity contribution in [1.29, 1.82) is 0 Å². The second-order valence-corrected chi connectivity index (χ2v) is 9.79. The van der Waals surface area contributed by atoms with Crippen molar-refractivity contribution in [3.63, 3.8) is 0 Å². The highest BCUT2D eigenvalue weighted by molar-refractivity contribution is 6.98. The molecule has 0 bridgehead atoms. The average Bonchev–Trinajstić information content (AvgIpc) is 2.53. The maximum Gasteiger partial charge on any atom is 0.258 e. The second kappa shape index (κ2) is 7.06. The Morgan fingerprint density at radius 1 is 0.810 bits per heavy atom. The zero-order valence-electron chi connectivity index (χ0n) is 13.5. The minimum absolute atomic E-state index is 0.228. The van der Waals surface area contributed by atoms with Gasteiger partial charge < -0.3 is 4.43 Å². The zero-order valence-corrected chi connectivity index (χ0v) is 14.5. The number of rotatable bonds is 6. The first-order valence-corrected chi connectivity index (χ1v) is 9.88. The summed E-state index contributed by atoms with van der Waals surface area (Å²) < 4.78 is 6.70. The van der Waals surface area contributed by atoms with Gasteiger partial charge in [0.25, 0.3) is 8.32 Å². The fourth-order valence-corrected chi connectivity index (χ4v) is 7.69. The van der Waals surface area contributed by atoms with Gasteiger partial charge in [0.05, 0.1) is 0 Å². The molecule has 2 aromatic carbocycles. The number of benzene rings is 2. The van der Waals surface area contributed by atoms with Crippen LogP contribution in [-0.2, 0) is 4.43 Å². The quantitative estimate of drug-likeness (QED) is 0.733. The van der Waals surface area contributed by atoms with Gasteiger partial charge in [0.15, 0.2) is 0 Å². The Morgan fingerprint density at radius 3 is 1.57 bits per heavy atom. The van der Waals surface area contributed by atoms with Gasteiger partial charge in [0, 0.05) is 6.10 Å². The van der Waals surface area contributed by atoms with Crippen LogP contribution in [0.2, 0.25) is 5.54 Å². The van der Waals surface area contributed by atoms with Crippen molar-refractivity contribution in [1.82, 2.24) is 0 Å². The predicted molar refractivity (Wildman–Crippen MR) is 93.8 cm³/mol. The molecule has 112 valence electrons. The van der Waals surface area contributed by atoms with Crippen LogP contribution in [-0.4, -0.2) is 14.4 Å². The smallest absolute Gasteiger partial charge is 0.258 e. The van der Waals surface area contributed by atoms with E-state index in [1.54, 1.807) is 0 Å². The molecule has 0 aliphatic heterocycles. The molecule has 0 aliphatic rings. The van der Waals surface area contributed by atoms with Crippen LogP contribution in [0.3, 0.4) is 0 Å². The van der Waals surface area contributed by atoms with Crippen molar-refractivity contribution < 1.29 is 4.43 Å². The maximum absolute atomic E-state index is 6.70. The molecule has 0 aromatic heterocycles. The minimum atomic E-state index is -2.21. The molecular formula is C19H26OSi. The van der Waals surface area contributed by atoms with Crippen LogP contribution < -0.4 is 10.4 Å². The Labute approximate surface area is 130 Å². The highest BCUT2D eigenvalue weighted by atomic mass is 28.4. The Kier molecular flexibility index (Phi) is 5.37. The summed E-state index contributed by atoms with van der Waals surface area (Å²) in [5.74, 6) is 0. The van der Waals surface area contributed by atoms with E-state index in [4.69, 9.17) is 4.43 Å². The summed E-state index contributed by atoms with van der Waals surface area (Å²) in [6.45, 7) is 8.91. The summed E-state index contributed by atoms with van der Waals surface area (Å²) in [5.41, 5.74) is 0.532. The molecule has 0 aliphatic carbocycles. The maximum atomic E-state index is 6.70. The molecule has 1 atom stereocenters. The lowest BCUT2D eigenvalue weighted by Gasteiger charge is -2.39. The van der Waals surface area contributed by atoms with Gasteiger partial charge in [-0.2, -0.15) is 0 Å². The van der Waals surface area contributed by atoms with E-state index in [1.807, 2.05) is 0 Å². The molecule has 0 radical (unpaired) electrons. The average molecular weight is 299 g/mol. The lowest BCUT2D eigenvalue weighted by molar-refractivity contribution is 0.233. The highest BCUT2D eigenvalue weighted by Gasteiger charge is 2.44.